The number of fused-ring (bicyclic) bond motifs is 2. The highest BCUT2D eigenvalue weighted by Crippen LogP contribution is 2.38. The van der Waals surface area contributed by atoms with Crippen molar-refractivity contribution in [3.63, 3.8) is 0 Å². The first-order chi connectivity index (χ1) is 11.2. The van der Waals surface area contributed by atoms with Crippen LogP contribution in [-0.2, 0) is 0 Å². The smallest absolute Gasteiger partial charge is 0.261 e. The molecule has 3 atom stereocenters. The number of carbonyl (C=O) groups excluding carboxylic acids is 1. The van der Waals surface area contributed by atoms with E-state index in [1.54, 1.807) is 7.11 Å². The molecule has 0 saturated carbocycles. The zero-order chi connectivity index (χ0) is 15.8. The van der Waals surface area contributed by atoms with Gasteiger partial charge in [-0.05, 0) is 30.9 Å². The lowest BCUT2D eigenvalue weighted by atomic mass is 9.95. The minimum absolute atomic E-state index is 0.00910. The number of nitrogens with one attached hydrogen (secondary N) is 2. The normalized spacial score (nSPS) is 25.5. The van der Waals surface area contributed by atoms with E-state index in [-0.39, 0.29) is 11.9 Å². The second-order valence-electron chi connectivity index (χ2n) is 6.25. The van der Waals surface area contributed by atoms with Crippen LogP contribution in [0.1, 0.15) is 28.9 Å². The topological polar surface area (TPSA) is 50.4 Å². The van der Waals surface area contributed by atoms with Crippen molar-refractivity contribution in [3.8, 4) is 16.2 Å². The first-order valence-corrected chi connectivity index (χ1v) is 8.86. The van der Waals surface area contributed by atoms with Crippen LogP contribution in [0, 0.1) is 0 Å². The fraction of sp³-hybridized carbons (Fsp3) is 0.389. The SMILES string of the molecule is COc1sc(C(=O)NC2CC3CCC2N3)cc1-c1ccccc1. The number of hydrogen-bond acceptors (Lipinski definition) is 4. The molecule has 5 heteroatoms. The van der Waals surface area contributed by atoms with Crippen molar-refractivity contribution in [1.82, 2.24) is 10.6 Å². The summed E-state index contributed by atoms with van der Waals surface area (Å²) >= 11 is 1.41. The summed E-state index contributed by atoms with van der Waals surface area (Å²) in [6.07, 6.45) is 3.45. The molecule has 2 aliphatic heterocycles. The number of thiophene rings is 1. The summed E-state index contributed by atoms with van der Waals surface area (Å²) in [6.45, 7) is 0. The first kappa shape index (κ1) is 14.7. The Bertz CT molecular complexity index is 713. The molecule has 2 bridgehead atoms. The predicted octanol–water partition coefficient (Wildman–Crippen LogP) is 3.05. The maximum absolute atomic E-state index is 12.6. The molecule has 0 radical (unpaired) electrons. The maximum Gasteiger partial charge on any atom is 0.261 e. The van der Waals surface area contributed by atoms with Crippen molar-refractivity contribution in [2.75, 3.05) is 7.11 Å². The molecule has 0 spiro atoms. The lowest BCUT2D eigenvalue weighted by molar-refractivity contribution is 0.0935. The second-order valence-corrected chi connectivity index (χ2v) is 7.26. The number of benzene rings is 1. The lowest BCUT2D eigenvalue weighted by Gasteiger charge is -2.20. The standard InChI is InChI=1S/C18H20N2O2S/c1-22-18-13(11-5-3-2-4-6-11)10-16(23-18)17(21)20-15-9-12-7-8-14(15)19-12/h2-6,10,12,14-15,19H,7-9H2,1H3,(H,20,21). The third-order valence-electron chi connectivity index (χ3n) is 4.81. The van der Waals surface area contributed by atoms with E-state index in [0.717, 1.165) is 22.6 Å². The molecule has 1 aromatic heterocycles. The fourth-order valence-electron chi connectivity index (χ4n) is 3.68. The number of ether oxygens (including phenoxy) is 1. The van der Waals surface area contributed by atoms with E-state index in [0.29, 0.717) is 17.0 Å². The molecule has 23 heavy (non-hydrogen) atoms. The molecule has 2 fully saturated rings. The van der Waals surface area contributed by atoms with Crippen LogP contribution in [0.5, 0.6) is 5.06 Å². The second kappa shape index (κ2) is 5.98. The molecule has 2 aromatic rings. The van der Waals surface area contributed by atoms with E-state index in [9.17, 15) is 4.79 Å². The van der Waals surface area contributed by atoms with Gasteiger partial charge in [0.25, 0.3) is 5.91 Å². The average Bonchev–Trinajstić information content (AvgIpc) is 3.30. The summed E-state index contributed by atoms with van der Waals surface area (Å²) in [5, 5.41) is 7.53. The van der Waals surface area contributed by atoms with Gasteiger partial charge in [-0.15, -0.1) is 0 Å². The van der Waals surface area contributed by atoms with Crippen molar-refractivity contribution in [1.29, 1.82) is 0 Å². The van der Waals surface area contributed by atoms with E-state index in [4.69, 9.17) is 4.74 Å². The minimum Gasteiger partial charge on any atom is -0.487 e. The number of methoxy groups -OCH3 is 1. The van der Waals surface area contributed by atoms with Gasteiger partial charge in [-0.3, -0.25) is 4.79 Å². The summed E-state index contributed by atoms with van der Waals surface area (Å²) in [5.74, 6) is 0.00910. The van der Waals surface area contributed by atoms with Gasteiger partial charge in [-0.25, -0.2) is 0 Å². The van der Waals surface area contributed by atoms with Crippen molar-refractivity contribution in [3.05, 3.63) is 41.3 Å². The quantitative estimate of drug-likeness (QED) is 0.907. The number of carbonyl (C=O) groups is 1. The molecule has 120 valence electrons. The van der Waals surface area contributed by atoms with Gasteiger partial charge >= 0.3 is 0 Å². The summed E-state index contributed by atoms with van der Waals surface area (Å²) in [4.78, 5) is 13.3. The fourth-order valence-corrected chi connectivity index (χ4v) is 4.58. The number of rotatable bonds is 4. The lowest BCUT2D eigenvalue weighted by Crippen LogP contribution is -2.42. The predicted molar refractivity (Wildman–Crippen MR) is 92.1 cm³/mol. The van der Waals surface area contributed by atoms with Crippen LogP contribution in [0.2, 0.25) is 0 Å². The molecule has 3 unspecified atom stereocenters. The van der Waals surface area contributed by atoms with E-state index >= 15 is 0 Å². The Kier molecular flexibility index (Phi) is 3.83. The van der Waals surface area contributed by atoms with Crippen molar-refractivity contribution in [2.24, 2.45) is 0 Å². The highest BCUT2D eigenvalue weighted by atomic mass is 32.1. The number of hydrogen-bond donors (Lipinski definition) is 2. The zero-order valence-electron chi connectivity index (χ0n) is 13.0. The van der Waals surface area contributed by atoms with Crippen LogP contribution in [0.15, 0.2) is 36.4 Å². The Morgan fingerprint density at radius 3 is 2.78 bits per heavy atom. The Morgan fingerprint density at radius 1 is 1.30 bits per heavy atom. The molecule has 1 aromatic carbocycles. The van der Waals surface area contributed by atoms with Gasteiger partial charge in [0.05, 0.1) is 12.0 Å². The average molecular weight is 328 g/mol. The van der Waals surface area contributed by atoms with Gasteiger partial charge in [0.15, 0.2) is 5.06 Å². The van der Waals surface area contributed by atoms with Gasteiger partial charge < -0.3 is 15.4 Å². The summed E-state index contributed by atoms with van der Waals surface area (Å²) in [7, 11) is 1.65. The summed E-state index contributed by atoms with van der Waals surface area (Å²) in [6, 6.07) is 13.3. The van der Waals surface area contributed by atoms with Crippen LogP contribution in [-0.4, -0.2) is 31.1 Å². The van der Waals surface area contributed by atoms with E-state index in [1.165, 1.54) is 24.2 Å². The first-order valence-electron chi connectivity index (χ1n) is 8.05. The van der Waals surface area contributed by atoms with Crippen LogP contribution >= 0.6 is 11.3 Å². The van der Waals surface area contributed by atoms with Crippen LogP contribution < -0.4 is 15.4 Å². The van der Waals surface area contributed by atoms with E-state index in [2.05, 4.69) is 10.6 Å². The molecule has 2 saturated heterocycles. The Hall–Kier alpha value is -1.85. The van der Waals surface area contributed by atoms with Crippen LogP contribution in [0.3, 0.4) is 0 Å². The monoisotopic (exact) mass is 328 g/mol. The van der Waals surface area contributed by atoms with Gasteiger partial charge in [-0.1, -0.05) is 41.7 Å². The van der Waals surface area contributed by atoms with E-state index in [1.807, 2.05) is 36.4 Å². The zero-order valence-corrected chi connectivity index (χ0v) is 13.9. The highest BCUT2D eigenvalue weighted by molar-refractivity contribution is 7.16. The summed E-state index contributed by atoms with van der Waals surface area (Å²) < 4.78 is 5.48. The van der Waals surface area contributed by atoms with Gasteiger partial charge in [0.1, 0.15) is 0 Å². The Morgan fingerprint density at radius 2 is 2.13 bits per heavy atom. The third-order valence-corrected chi connectivity index (χ3v) is 5.90. The van der Waals surface area contributed by atoms with E-state index < -0.39 is 0 Å². The largest absolute Gasteiger partial charge is 0.487 e. The molecule has 2 N–H and O–H groups in total. The number of amides is 1. The Balaban J connectivity index is 1.55. The third kappa shape index (κ3) is 2.75. The van der Waals surface area contributed by atoms with Crippen molar-refractivity contribution < 1.29 is 9.53 Å². The highest BCUT2D eigenvalue weighted by Gasteiger charge is 2.39. The Labute approximate surface area is 139 Å². The maximum atomic E-state index is 12.6. The molecule has 4 nitrogen and oxygen atoms in total. The van der Waals surface area contributed by atoms with Gasteiger partial charge in [0.2, 0.25) is 0 Å². The van der Waals surface area contributed by atoms with Crippen molar-refractivity contribution >= 4 is 17.2 Å². The van der Waals surface area contributed by atoms with Gasteiger partial charge in [0, 0.05) is 23.7 Å². The molecule has 2 aliphatic rings. The van der Waals surface area contributed by atoms with Crippen LogP contribution in [0.4, 0.5) is 0 Å². The molecule has 4 rings (SSSR count). The van der Waals surface area contributed by atoms with Crippen molar-refractivity contribution in [2.45, 2.75) is 37.4 Å². The molecule has 3 heterocycles. The summed E-state index contributed by atoms with van der Waals surface area (Å²) in [5.41, 5.74) is 2.05. The molecule has 1 amide bonds. The van der Waals surface area contributed by atoms with Gasteiger partial charge in [-0.2, -0.15) is 0 Å². The minimum atomic E-state index is 0.00910. The molecular weight excluding hydrogens is 308 g/mol. The van der Waals surface area contributed by atoms with Crippen LogP contribution in [0.25, 0.3) is 11.1 Å². The molecular formula is C18H20N2O2S. The molecule has 0 aliphatic carbocycles.